The van der Waals surface area contributed by atoms with E-state index in [1.54, 1.807) is 7.05 Å². The lowest BCUT2D eigenvalue weighted by atomic mass is 10.1. The number of rotatable bonds is 8. The molecule has 3 rings (SSSR count). The second kappa shape index (κ2) is 10.7. The molecule has 0 spiro atoms. The van der Waals surface area contributed by atoms with Crippen molar-refractivity contribution in [1.29, 1.82) is 0 Å². The summed E-state index contributed by atoms with van der Waals surface area (Å²) in [7, 11) is 1.76. The number of aliphatic imine (C=N–C) groups is 1. The first-order valence-corrected chi connectivity index (χ1v) is 10.9. The van der Waals surface area contributed by atoms with Crippen LogP contribution in [0, 0.1) is 6.92 Å². The molecule has 0 aliphatic heterocycles. The highest BCUT2D eigenvalue weighted by Crippen LogP contribution is 2.19. The summed E-state index contributed by atoms with van der Waals surface area (Å²) in [6.45, 7) is 7.54. The molecule has 0 aliphatic carbocycles. The molecule has 3 aromatic rings. The average molecular weight is 420 g/mol. The molecular weight excluding hydrogens is 386 g/mol. The van der Waals surface area contributed by atoms with Crippen LogP contribution in [-0.2, 0) is 13.0 Å². The maximum Gasteiger partial charge on any atom is 0.251 e. The van der Waals surface area contributed by atoms with Crippen LogP contribution in [-0.4, -0.2) is 36.5 Å². The number of hydrogen-bond donors (Lipinski definition) is 4. The van der Waals surface area contributed by atoms with Crippen molar-refractivity contribution in [3.8, 4) is 0 Å². The number of aromatic nitrogens is 1. The summed E-state index contributed by atoms with van der Waals surface area (Å²) in [5, 5.41) is 11.0. The lowest BCUT2D eigenvalue weighted by Gasteiger charge is -2.14. The highest BCUT2D eigenvalue weighted by molar-refractivity contribution is 5.94. The Morgan fingerprint density at radius 3 is 2.77 bits per heavy atom. The van der Waals surface area contributed by atoms with Gasteiger partial charge < -0.3 is 20.9 Å². The van der Waals surface area contributed by atoms with Gasteiger partial charge in [0.1, 0.15) is 0 Å². The number of benzene rings is 2. The molecule has 0 saturated carbocycles. The van der Waals surface area contributed by atoms with Gasteiger partial charge in [0.25, 0.3) is 5.91 Å². The molecule has 6 heteroatoms. The molecule has 1 heterocycles. The first-order chi connectivity index (χ1) is 15.0. The molecule has 1 aromatic heterocycles. The van der Waals surface area contributed by atoms with Crippen molar-refractivity contribution in [2.75, 3.05) is 13.6 Å². The third-order valence-corrected chi connectivity index (χ3v) is 5.47. The van der Waals surface area contributed by atoms with Crippen LogP contribution in [0.1, 0.15) is 47.3 Å². The molecule has 6 nitrogen and oxygen atoms in total. The Labute approximate surface area is 184 Å². The summed E-state index contributed by atoms with van der Waals surface area (Å²) in [6, 6.07) is 14.3. The topological polar surface area (TPSA) is 81.3 Å². The monoisotopic (exact) mass is 419 g/mol. The molecule has 164 valence electrons. The van der Waals surface area contributed by atoms with E-state index in [0.29, 0.717) is 12.1 Å². The summed E-state index contributed by atoms with van der Waals surface area (Å²) in [5.74, 6) is 0.706. The number of hydrogen-bond acceptors (Lipinski definition) is 2. The van der Waals surface area contributed by atoms with E-state index in [1.165, 1.54) is 22.0 Å². The van der Waals surface area contributed by atoms with Crippen molar-refractivity contribution in [2.45, 2.75) is 46.2 Å². The zero-order valence-electron chi connectivity index (χ0n) is 18.9. The largest absolute Gasteiger partial charge is 0.361 e. The summed E-state index contributed by atoms with van der Waals surface area (Å²) < 4.78 is 0. The van der Waals surface area contributed by atoms with Gasteiger partial charge in [-0.2, -0.15) is 0 Å². The lowest BCUT2D eigenvalue weighted by molar-refractivity contribution is 0.0939. The highest BCUT2D eigenvalue weighted by Gasteiger charge is 2.09. The number of nitrogens with zero attached hydrogens (tertiary/aromatic N) is 1. The van der Waals surface area contributed by atoms with Crippen LogP contribution in [0.2, 0.25) is 0 Å². The quantitative estimate of drug-likeness (QED) is 0.330. The Morgan fingerprint density at radius 1 is 1.16 bits per heavy atom. The normalized spacial score (nSPS) is 12.6. The number of amides is 1. The fraction of sp³-hybridized carbons (Fsp3) is 0.360. The van der Waals surface area contributed by atoms with Gasteiger partial charge >= 0.3 is 0 Å². The van der Waals surface area contributed by atoms with Gasteiger partial charge in [-0.15, -0.1) is 0 Å². The predicted molar refractivity (Wildman–Crippen MR) is 129 cm³/mol. The first kappa shape index (κ1) is 22.4. The lowest BCUT2D eigenvalue weighted by Crippen LogP contribution is -2.38. The number of carbonyl (C=O) groups excluding carboxylic acids is 1. The Bertz CT molecular complexity index is 1050. The second-order valence-corrected chi connectivity index (χ2v) is 7.95. The summed E-state index contributed by atoms with van der Waals surface area (Å²) in [6.07, 6.45) is 3.89. The van der Waals surface area contributed by atoms with Crippen LogP contribution in [0.4, 0.5) is 0 Å². The van der Waals surface area contributed by atoms with Crippen LogP contribution < -0.4 is 16.0 Å². The number of aryl methyl sites for hydroxylation is 1. The van der Waals surface area contributed by atoms with Gasteiger partial charge in [0, 0.05) is 48.8 Å². The van der Waals surface area contributed by atoms with Crippen molar-refractivity contribution in [2.24, 2.45) is 4.99 Å². The average Bonchev–Trinajstić information content (AvgIpc) is 3.17. The van der Waals surface area contributed by atoms with E-state index in [9.17, 15) is 4.79 Å². The van der Waals surface area contributed by atoms with Crippen LogP contribution in [0.3, 0.4) is 0 Å². The fourth-order valence-corrected chi connectivity index (χ4v) is 3.46. The summed E-state index contributed by atoms with van der Waals surface area (Å²) in [4.78, 5) is 20.0. The van der Waals surface area contributed by atoms with Crippen molar-refractivity contribution >= 4 is 22.8 Å². The Hall–Kier alpha value is -3.28. The van der Waals surface area contributed by atoms with Crippen molar-refractivity contribution in [3.63, 3.8) is 0 Å². The Kier molecular flexibility index (Phi) is 7.70. The second-order valence-electron chi connectivity index (χ2n) is 7.95. The molecule has 0 bridgehead atoms. The maximum absolute atomic E-state index is 12.4. The third-order valence-electron chi connectivity index (χ3n) is 5.47. The van der Waals surface area contributed by atoms with E-state index in [4.69, 9.17) is 0 Å². The smallest absolute Gasteiger partial charge is 0.251 e. The van der Waals surface area contributed by atoms with Gasteiger partial charge in [0.2, 0.25) is 0 Å². The molecule has 1 amide bonds. The van der Waals surface area contributed by atoms with Gasteiger partial charge in [0.15, 0.2) is 5.96 Å². The van der Waals surface area contributed by atoms with Crippen LogP contribution >= 0.6 is 0 Å². The first-order valence-electron chi connectivity index (χ1n) is 10.9. The molecule has 0 aliphatic rings. The molecule has 31 heavy (non-hydrogen) atoms. The van der Waals surface area contributed by atoms with Crippen molar-refractivity contribution < 1.29 is 4.79 Å². The van der Waals surface area contributed by atoms with Crippen molar-refractivity contribution in [3.05, 3.63) is 70.9 Å². The number of carbonyl (C=O) groups is 1. The molecule has 0 saturated heterocycles. The third kappa shape index (κ3) is 6.10. The van der Waals surface area contributed by atoms with Gasteiger partial charge in [-0.3, -0.25) is 9.79 Å². The van der Waals surface area contributed by atoms with E-state index in [2.05, 4.69) is 64.2 Å². The molecule has 1 atom stereocenters. The molecule has 0 fully saturated rings. The van der Waals surface area contributed by atoms with E-state index >= 15 is 0 Å². The Morgan fingerprint density at radius 2 is 2.00 bits per heavy atom. The number of H-pyrrole nitrogens is 1. The van der Waals surface area contributed by atoms with Crippen molar-refractivity contribution in [1.82, 2.24) is 20.9 Å². The van der Waals surface area contributed by atoms with Gasteiger partial charge in [0.05, 0.1) is 0 Å². The minimum absolute atomic E-state index is 0.0346. The Balaban J connectivity index is 1.51. The molecule has 1 unspecified atom stereocenters. The molecule has 0 radical (unpaired) electrons. The summed E-state index contributed by atoms with van der Waals surface area (Å²) >= 11 is 0. The molecule has 2 aromatic carbocycles. The van der Waals surface area contributed by atoms with E-state index in [0.717, 1.165) is 30.9 Å². The minimum atomic E-state index is -0.0346. The standard InChI is InChI=1S/C25H33N5O/c1-5-18(3)30-24(31)20-8-6-7-19(14-20)15-29-25(26-4)27-12-11-21-16-28-23-13-17(2)9-10-22(21)23/h6-10,13-14,16,18,28H,5,11-12,15H2,1-4H3,(H,30,31)(H2,26,27,29). The fourth-order valence-electron chi connectivity index (χ4n) is 3.46. The number of aromatic amines is 1. The van der Waals surface area contributed by atoms with Crippen LogP contribution in [0.5, 0.6) is 0 Å². The van der Waals surface area contributed by atoms with Gasteiger partial charge in [-0.25, -0.2) is 0 Å². The summed E-state index contributed by atoms with van der Waals surface area (Å²) in [5.41, 5.74) is 5.43. The molecule has 4 N–H and O–H groups in total. The van der Waals surface area contributed by atoms with Crippen LogP contribution in [0.25, 0.3) is 10.9 Å². The maximum atomic E-state index is 12.4. The van der Waals surface area contributed by atoms with E-state index in [-0.39, 0.29) is 11.9 Å². The van der Waals surface area contributed by atoms with E-state index in [1.807, 2.05) is 31.2 Å². The number of guanidine groups is 1. The van der Waals surface area contributed by atoms with E-state index < -0.39 is 0 Å². The van der Waals surface area contributed by atoms with Gasteiger partial charge in [-0.1, -0.05) is 31.2 Å². The van der Waals surface area contributed by atoms with Gasteiger partial charge in [-0.05, 0) is 61.6 Å². The van der Waals surface area contributed by atoms with Crippen LogP contribution in [0.15, 0.2) is 53.7 Å². The minimum Gasteiger partial charge on any atom is -0.361 e. The zero-order chi connectivity index (χ0) is 22.2. The molecular formula is C25H33N5O. The zero-order valence-corrected chi connectivity index (χ0v) is 18.9. The number of fused-ring (bicyclic) bond motifs is 1. The SMILES string of the molecule is CCC(C)NC(=O)c1cccc(CNC(=NC)NCCc2c[nH]c3cc(C)ccc23)c1. The number of nitrogens with one attached hydrogen (secondary N) is 4. The predicted octanol–water partition coefficient (Wildman–Crippen LogP) is 3.91. The highest BCUT2D eigenvalue weighted by atomic mass is 16.1.